The van der Waals surface area contributed by atoms with Crippen LogP contribution in [0.4, 0.5) is 0 Å². The van der Waals surface area contributed by atoms with Gasteiger partial charge in [-0.05, 0) is 43.0 Å². The molecule has 0 radical (unpaired) electrons. The smallest absolute Gasteiger partial charge is 0.0459 e. The summed E-state index contributed by atoms with van der Waals surface area (Å²) in [6.45, 7) is 1.19. The number of fused-ring (bicyclic) bond motifs is 2. The summed E-state index contributed by atoms with van der Waals surface area (Å²) in [6, 6.07) is 7.37. The maximum Gasteiger partial charge on any atom is 0.0459 e. The Kier molecular flexibility index (Phi) is 1.71. The molecule has 0 amide bonds. The highest BCUT2D eigenvalue weighted by atomic mass is 14.9. The molecule has 1 saturated heterocycles. The standard InChI is InChI=1S/C14H16N2/c1-3-11-10-4-2-6-15-13(10)7-9-8-16-12(5-1)14(9)11/h1,3,5,8,10,13,15-16H,2,4,6-7H2. The topological polar surface area (TPSA) is 27.8 Å². The van der Waals surface area contributed by atoms with Crippen LogP contribution in [0.1, 0.15) is 29.9 Å². The van der Waals surface area contributed by atoms with E-state index in [0.717, 1.165) is 5.92 Å². The zero-order valence-electron chi connectivity index (χ0n) is 9.29. The van der Waals surface area contributed by atoms with Crippen LogP contribution in [0.2, 0.25) is 0 Å². The summed E-state index contributed by atoms with van der Waals surface area (Å²) in [5.41, 5.74) is 4.38. The molecule has 2 atom stereocenters. The van der Waals surface area contributed by atoms with Gasteiger partial charge in [0, 0.05) is 29.1 Å². The van der Waals surface area contributed by atoms with Crippen LogP contribution < -0.4 is 5.32 Å². The highest BCUT2D eigenvalue weighted by Crippen LogP contribution is 2.40. The number of hydrogen-bond acceptors (Lipinski definition) is 1. The van der Waals surface area contributed by atoms with E-state index < -0.39 is 0 Å². The zero-order valence-corrected chi connectivity index (χ0v) is 9.29. The molecule has 2 unspecified atom stereocenters. The van der Waals surface area contributed by atoms with Crippen LogP contribution in [0.25, 0.3) is 10.9 Å². The lowest BCUT2D eigenvalue weighted by Gasteiger charge is -2.36. The Morgan fingerprint density at radius 1 is 1.25 bits per heavy atom. The molecular weight excluding hydrogens is 196 g/mol. The van der Waals surface area contributed by atoms with Crippen LogP contribution in [0.15, 0.2) is 24.4 Å². The van der Waals surface area contributed by atoms with E-state index in [1.165, 1.54) is 42.3 Å². The van der Waals surface area contributed by atoms with E-state index in [-0.39, 0.29) is 0 Å². The van der Waals surface area contributed by atoms with Crippen molar-refractivity contribution < 1.29 is 0 Å². The second-order valence-corrected chi connectivity index (χ2v) is 5.10. The third-order valence-electron chi connectivity index (χ3n) is 4.24. The first-order valence-electron chi connectivity index (χ1n) is 6.26. The molecule has 1 fully saturated rings. The van der Waals surface area contributed by atoms with Crippen LogP contribution >= 0.6 is 0 Å². The van der Waals surface area contributed by atoms with Crippen molar-refractivity contribution in [3.8, 4) is 0 Å². The monoisotopic (exact) mass is 212 g/mol. The van der Waals surface area contributed by atoms with Gasteiger partial charge in [-0.1, -0.05) is 12.1 Å². The van der Waals surface area contributed by atoms with Crippen LogP contribution in [-0.4, -0.2) is 17.6 Å². The molecule has 2 nitrogen and oxygen atoms in total. The Bertz CT molecular complexity index is 541. The van der Waals surface area contributed by atoms with Gasteiger partial charge in [0.25, 0.3) is 0 Å². The molecule has 82 valence electrons. The first-order chi connectivity index (χ1) is 7.93. The predicted molar refractivity (Wildman–Crippen MR) is 65.8 cm³/mol. The summed E-state index contributed by atoms with van der Waals surface area (Å²) in [6.07, 6.45) is 6.06. The van der Waals surface area contributed by atoms with Gasteiger partial charge in [0.2, 0.25) is 0 Å². The van der Waals surface area contributed by atoms with Crippen molar-refractivity contribution in [3.05, 3.63) is 35.5 Å². The first-order valence-corrected chi connectivity index (χ1v) is 6.26. The summed E-state index contributed by atoms with van der Waals surface area (Å²) in [4.78, 5) is 3.40. The van der Waals surface area contributed by atoms with Gasteiger partial charge in [0.15, 0.2) is 0 Å². The second kappa shape index (κ2) is 3.11. The molecule has 2 aromatic rings. The normalized spacial score (nSPS) is 28.0. The number of aromatic nitrogens is 1. The van der Waals surface area contributed by atoms with Crippen molar-refractivity contribution in [3.63, 3.8) is 0 Å². The minimum absolute atomic E-state index is 0.669. The van der Waals surface area contributed by atoms with Gasteiger partial charge < -0.3 is 10.3 Å². The molecule has 0 spiro atoms. The lowest BCUT2D eigenvalue weighted by Crippen LogP contribution is -2.43. The molecule has 16 heavy (non-hydrogen) atoms. The first kappa shape index (κ1) is 8.82. The summed E-state index contributed by atoms with van der Waals surface area (Å²) < 4.78 is 0. The number of piperidine rings is 1. The lowest BCUT2D eigenvalue weighted by molar-refractivity contribution is 0.345. The molecule has 1 aliphatic heterocycles. The highest BCUT2D eigenvalue weighted by Gasteiger charge is 2.32. The van der Waals surface area contributed by atoms with Crippen molar-refractivity contribution in [1.82, 2.24) is 10.3 Å². The number of nitrogens with one attached hydrogen (secondary N) is 2. The average Bonchev–Trinajstić information content (AvgIpc) is 2.75. The van der Waals surface area contributed by atoms with Crippen molar-refractivity contribution in [2.75, 3.05) is 6.54 Å². The molecular formula is C14H16N2. The van der Waals surface area contributed by atoms with Gasteiger partial charge >= 0.3 is 0 Å². The Morgan fingerprint density at radius 2 is 2.25 bits per heavy atom. The van der Waals surface area contributed by atoms with Crippen molar-refractivity contribution in [2.24, 2.45) is 0 Å². The average molecular weight is 212 g/mol. The van der Waals surface area contributed by atoms with Gasteiger partial charge in [0.1, 0.15) is 0 Å². The van der Waals surface area contributed by atoms with Crippen LogP contribution in [0.5, 0.6) is 0 Å². The molecule has 2 aliphatic rings. The largest absolute Gasteiger partial charge is 0.361 e. The van der Waals surface area contributed by atoms with E-state index in [2.05, 4.69) is 34.7 Å². The van der Waals surface area contributed by atoms with Crippen LogP contribution in [0, 0.1) is 0 Å². The molecule has 0 saturated carbocycles. The third kappa shape index (κ3) is 1.05. The summed E-state index contributed by atoms with van der Waals surface area (Å²) in [5.74, 6) is 0.737. The second-order valence-electron chi connectivity index (χ2n) is 5.10. The third-order valence-corrected chi connectivity index (χ3v) is 4.24. The molecule has 1 aliphatic carbocycles. The van der Waals surface area contributed by atoms with E-state index in [1.807, 2.05) is 0 Å². The minimum atomic E-state index is 0.669. The van der Waals surface area contributed by atoms with Gasteiger partial charge in [-0.25, -0.2) is 0 Å². The number of rotatable bonds is 0. The van der Waals surface area contributed by atoms with E-state index in [1.54, 1.807) is 5.56 Å². The summed E-state index contributed by atoms with van der Waals surface area (Å²) >= 11 is 0. The molecule has 1 aromatic heterocycles. The number of hydrogen-bond donors (Lipinski definition) is 2. The fraction of sp³-hybridized carbons (Fsp3) is 0.429. The molecule has 1 aromatic carbocycles. The fourth-order valence-corrected chi connectivity index (χ4v) is 3.53. The van der Waals surface area contributed by atoms with Crippen LogP contribution in [-0.2, 0) is 6.42 Å². The van der Waals surface area contributed by atoms with Crippen molar-refractivity contribution in [2.45, 2.75) is 31.2 Å². The molecule has 2 N–H and O–H groups in total. The van der Waals surface area contributed by atoms with E-state index in [4.69, 9.17) is 0 Å². The Labute approximate surface area is 95.1 Å². The quantitative estimate of drug-likeness (QED) is 0.690. The molecule has 4 rings (SSSR count). The SMILES string of the molecule is c1cc2c3c(c[nH]c3c1)CC1NCCCC21. The van der Waals surface area contributed by atoms with Crippen LogP contribution in [0.3, 0.4) is 0 Å². The van der Waals surface area contributed by atoms with Gasteiger partial charge in [-0.3, -0.25) is 0 Å². The molecule has 0 bridgehead atoms. The number of aromatic amines is 1. The Morgan fingerprint density at radius 3 is 3.25 bits per heavy atom. The summed E-state index contributed by atoms with van der Waals surface area (Å²) in [5, 5.41) is 5.19. The van der Waals surface area contributed by atoms with Crippen molar-refractivity contribution in [1.29, 1.82) is 0 Å². The van der Waals surface area contributed by atoms with Gasteiger partial charge in [-0.15, -0.1) is 0 Å². The van der Waals surface area contributed by atoms with Crippen molar-refractivity contribution >= 4 is 10.9 Å². The van der Waals surface area contributed by atoms with Gasteiger partial charge in [0.05, 0.1) is 0 Å². The predicted octanol–water partition coefficient (Wildman–Crippen LogP) is 2.56. The van der Waals surface area contributed by atoms with Gasteiger partial charge in [-0.2, -0.15) is 0 Å². The van der Waals surface area contributed by atoms with E-state index in [9.17, 15) is 0 Å². The molecule has 2 heteroatoms. The Hall–Kier alpha value is -1.28. The number of H-pyrrole nitrogens is 1. The Balaban J connectivity index is 1.98. The minimum Gasteiger partial charge on any atom is -0.361 e. The fourth-order valence-electron chi connectivity index (χ4n) is 3.53. The highest BCUT2D eigenvalue weighted by molar-refractivity contribution is 5.88. The molecule has 2 heterocycles. The summed E-state index contributed by atoms with van der Waals surface area (Å²) in [7, 11) is 0. The zero-order chi connectivity index (χ0) is 10.5. The maximum absolute atomic E-state index is 3.68. The maximum atomic E-state index is 3.68. The van der Waals surface area contributed by atoms with E-state index in [0.29, 0.717) is 6.04 Å². The van der Waals surface area contributed by atoms with E-state index >= 15 is 0 Å². The number of benzene rings is 1. The lowest BCUT2D eigenvalue weighted by atomic mass is 9.76.